The van der Waals surface area contributed by atoms with Crippen LogP contribution in [0.4, 0.5) is 18.9 Å². The maximum Gasteiger partial charge on any atom is 0.416 e. The van der Waals surface area contributed by atoms with Gasteiger partial charge in [-0.25, -0.2) is 0 Å². The number of nitrogens with zero attached hydrogens (tertiary/aromatic N) is 2. The van der Waals surface area contributed by atoms with Crippen molar-refractivity contribution in [2.75, 3.05) is 0 Å². The van der Waals surface area contributed by atoms with E-state index >= 15 is 0 Å². The molecule has 2 rings (SSSR count). The number of nitriles is 1. The van der Waals surface area contributed by atoms with Crippen LogP contribution in [0.2, 0.25) is 0 Å². The van der Waals surface area contributed by atoms with Crippen LogP contribution in [0.25, 0.3) is 0 Å². The largest absolute Gasteiger partial charge is 0.416 e. The van der Waals surface area contributed by atoms with Crippen LogP contribution < -0.4 is 0 Å². The van der Waals surface area contributed by atoms with Gasteiger partial charge in [-0.05, 0) is 31.4 Å². The molecule has 0 saturated heterocycles. The SMILES string of the molecule is N#CC1(c2ccc(C(F)(F)F)cc2[N+](=O)[O-])CCC1. The van der Waals surface area contributed by atoms with Crippen LogP contribution in [0.3, 0.4) is 0 Å². The third-order valence-corrected chi connectivity index (χ3v) is 3.46. The van der Waals surface area contributed by atoms with Gasteiger partial charge in [-0.3, -0.25) is 10.1 Å². The number of rotatable bonds is 2. The summed E-state index contributed by atoms with van der Waals surface area (Å²) in [5, 5.41) is 20.1. The molecule has 0 unspecified atom stereocenters. The normalized spacial score (nSPS) is 17.4. The molecule has 100 valence electrons. The highest BCUT2D eigenvalue weighted by molar-refractivity contribution is 5.52. The molecule has 1 saturated carbocycles. The van der Waals surface area contributed by atoms with Gasteiger partial charge in [0.1, 0.15) is 0 Å². The topological polar surface area (TPSA) is 66.9 Å². The summed E-state index contributed by atoms with van der Waals surface area (Å²) in [7, 11) is 0. The van der Waals surface area contributed by atoms with Crippen molar-refractivity contribution in [1.29, 1.82) is 5.26 Å². The molecule has 1 aromatic carbocycles. The summed E-state index contributed by atoms with van der Waals surface area (Å²) in [4.78, 5) is 10.1. The van der Waals surface area contributed by atoms with E-state index in [0.29, 0.717) is 18.9 Å². The van der Waals surface area contributed by atoms with Crippen molar-refractivity contribution >= 4 is 5.69 Å². The lowest BCUT2D eigenvalue weighted by Crippen LogP contribution is -2.33. The average molecular weight is 270 g/mol. The third kappa shape index (κ3) is 2.14. The average Bonchev–Trinajstić information content (AvgIpc) is 2.27. The zero-order valence-corrected chi connectivity index (χ0v) is 9.70. The molecule has 0 amide bonds. The van der Waals surface area contributed by atoms with Crippen LogP contribution in [0.1, 0.15) is 30.4 Å². The summed E-state index contributed by atoms with van der Waals surface area (Å²) >= 11 is 0. The number of halogens is 3. The Morgan fingerprint density at radius 2 is 2.00 bits per heavy atom. The molecule has 1 aliphatic carbocycles. The first-order valence-electron chi connectivity index (χ1n) is 5.57. The molecule has 4 nitrogen and oxygen atoms in total. The van der Waals surface area contributed by atoms with Crippen molar-refractivity contribution in [3.8, 4) is 6.07 Å². The Morgan fingerprint density at radius 3 is 2.37 bits per heavy atom. The Bertz CT molecular complexity index is 571. The first-order valence-corrected chi connectivity index (χ1v) is 5.57. The Balaban J connectivity index is 2.58. The number of alkyl halides is 3. The summed E-state index contributed by atoms with van der Waals surface area (Å²) in [5.41, 5.74) is -2.63. The van der Waals surface area contributed by atoms with Crippen molar-refractivity contribution in [1.82, 2.24) is 0 Å². The predicted molar refractivity (Wildman–Crippen MR) is 59.2 cm³/mol. The lowest BCUT2D eigenvalue weighted by Gasteiger charge is -2.35. The molecule has 0 aliphatic heterocycles. The van der Waals surface area contributed by atoms with E-state index in [4.69, 9.17) is 5.26 Å². The molecule has 0 atom stereocenters. The standard InChI is InChI=1S/C12H9F3N2O2/c13-12(14,15)8-2-3-9(10(6-8)17(18)19)11(7-16)4-1-5-11/h2-3,6H,1,4-5H2. The molecule has 0 spiro atoms. The number of hydrogen-bond acceptors (Lipinski definition) is 3. The summed E-state index contributed by atoms with van der Waals surface area (Å²) < 4.78 is 37.6. The van der Waals surface area contributed by atoms with Crippen LogP contribution in [0, 0.1) is 21.4 Å². The Labute approximate surface area is 106 Å². The Kier molecular flexibility index (Phi) is 2.97. The van der Waals surface area contributed by atoms with E-state index in [1.54, 1.807) is 0 Å². The molecule has 7 heteroatoms. The summed E-state index contributed by atoms with van der Waals surface area (Å²) in [6.07, 6.45) is -3.01. The van der Waals surface area contributed by atoms with Gasteiger partial charge in [-0.2, -0.15) is 18.4 Å². The fraction of sp³-hybridized carbons (Fsp3) is 0.417. The third-order valence-electron chi connectivity index (χ3n) is 3.46. The van der Waals surface area contributed by atoms with Crippen LogP contribution in [0.5, 0.6) is 0 Å². The summed E-state index contributed by atoms with van der Waals surface area (Å²) in [5.74, 6) is 0. The minimum absolute atomic E-state index is 0.0826. The highest BCUT2D eigenvalue weighted by Crippen LogP contribution is 2.47. The minimum atomic E-state index is -4.64. The molecule has 0 heterocycles. The van der Waals surface area contributed by atoms with E-state index in [2.05, 4.69) is 0 Å². The lowest BCUT2D eigenvalue weighted by atomic mass is 9.65. The van der Waals surface area contributed by atoms with Crippen LogP contribution in [-0.2, 0) is 11.6 Å². The summed E-state index contributed by atoms with van der Waals surface area (Å²) in [6, 6.07) is 4.36. The fourth-order valence-corrected chi connectivity index (χ4v) is 2.24. The molecule has 0 N–H and O–H groups in total. The number of hydrogen-bond donors (Lipinski definition) is 0. The fourth-order valence-electron chi connectivity index (χ4n) is 2.24. The van der Waals surface area contributed by atoms with Crippen molar-refractivity contribution in [3.05, 3.63) is 39.4 Å². The molecule has 1 aromatic rings. The molecule has 19 heavy (non-hydrogen) atoms. The number of benzene rings is 1. The smallest absolute Gasteiger partial charge is 0.258 e. The lowest BCUT2D eigenvalue weighted by molar-refractivity contribution is -0.386. The molecular formula is C12H9F3N2O2. The second kappa shape index (κ2) is 4.23. The van der Waals surface area contributed by atoms with E-state index in [1.165, 1.54) is 0 Å². The van der Waals surface area contributed by atoms with E-state index in [-0.39, 0.29) is 5.56 Å². The predicted octanol–water partition coefficient (Wildman–Crippen LogP) is 3.56. The first-order chi connectivity index (χ1) is 8.80. The van der Waals surface area contributed by atoms with Gasteiger partial charge in [-0.15, -0.1) is 0 Å². The van der Waals surface area contributed by atoms with Crippen LogP contribution in [0.15, 0.2) is 18.2 Å². The van der Waals surface area contributed by atoms with Crippen molar-refractivity contribution in [2.45, 2.75) is 30.9 Å². The minimum Gasteiger partial charge on any atom is -0.258 e. The van der Waals surface area contributed by atoms with Gasteiger partial charge in [0.2, 0.25) is 0 Å². The second-order valence-electron chi connectivity index (χ2n) is 4.53. The highest BCUT2D eigenvalue weighted by Gasteiger charge is 2.44. The highest BCUT2D eigenvalue weighted by atomic mass is 19.4. The molecule has 0 aromatic heterocycles. The van der Waals surface area contributed by atoms with E-state index < -0.39 is 27.8 Å². The number of nitro groups is 1. The van der Waals surface area contributed by atoms with E-state index in [1.807, 2.05) is 6.07 Å². The molecule has 0 bridgehead atoms. The van der Waals surface area contributed by atoms with Gasteiger partial charge in [0.05, 0.1) is 27.5 Å². The first kappa shape index (κ1) is 13.3. The second-order valence-corrected chi connectivity index (χ2v) is 4.53. The zero-order chi connectivity index (χ0) is 14.3. The Hall–Kier alpha value is -2.10. The molecular weight excluding hydrogens is 261 g/mol. The van der Waals surface area contributed by atoms with Gasteiger partial charge in [0.25, 0.3) is 5.69 Å². The quantitative estimate of drug-likeness (QED) is 0.609. The Morgan fingerprint density at radius 1 is 1.37 bits per heavy atom. The van der Waals surface area contributed by atoms with E-state index in [0.717, 1.165) is 18.6 Å². The van der Waals surface area contributed by atoms with Crippen LogP contribution >= 0.6 is 0 Å². The maximum absolute atomic E-state index is 12.5. The maximum atomic E-state index is 12.5. The monoisotopic (exact) mass is 270 g/mol. The van der Waals surface area contributed by atoms with Gasteiger partial charge < -0.3 is 0 Å². The summed E-state index contributed by atoms with van der Waals surface area (Å²) in [6.45, 7) is 0. The van der Waals surface area contributed by atoms with Gasteiger partial charge >= 0.3 is 6.18 Å². The molecule has 1 fully saturated rings. The number of nitro benzene ring substituents is 1. The van der Waals surface area contributed by atoms with Crippen molar-refractivity contribution in [2.24, 2.45) is 0 Å². The van der Waals surface area contributed by atoms with Gasteiger partial charge in [-0.1, -0.05) is 0 Å². The zero-order valence-electron chi connectivity index (χ0n) is 9.70. The van der Waals surface area contributed by atoms with Crippen molar-refractivity contribution in [3.63, 3.8) is 0 Å². The van der Waals surface area contributed by atoms with Crippen molar-refractivity contribution < 1.29 is 18.1 Å². The van der Waals surface area contributed by atoms with Gasteiger partial charge in [0, 0.05) is 6.07 Å². The van der Waals surface area contributed by atoms with Crippen LogP contribution in [-0.4, -0.2) is 4.92 Å². The van der Waals surface area contributed by atoms with Gasteiger partial charge in [0.15, 0.2) is 0 Å². The molecule has 0 radical (unpaired) electrons. The van der Waals surface area contributed by atoms with E-state index in [9.17, 15) is 23.3 Å². The molecule has 1 aliphatic rings.